The Morgan fingerprint density at radius 3 is 2.24 bits per heavy atom. The molecular formula is C25H33ClN4O3. The normalized spacial score (nSPS) is 10.4. The van der Waals surface area contributed by atoms with Crippen molar-refractivity contribution >= 4 is 46.4 Å². The number of amides is 3. The van der Waals surface area contributed by atoms with Crippen molar-refractivity contribution in [2.75, 3.05) is 35.6 Å². The van der Waals surface area contributed by atoms with Gasteiger partial charge in [-0.15, -0.1) is 0 Å². The predicted octanol–water partition coefficient (Wildman–Crippen LogP) is 5.39. The van der Waals surface area contributed by atoms with Crippen molar-refractivity contribution in [3.05, 3.63) is 53.1 Å². The molecule has 2 aromatic rings. The van der Waals surface area contributed by atoms with Crippen LogP contribution in [0, 0.1) is 0 Å². The minimum absolute atomic E-state index is 0.00592. The summed E-state index contributed by atoms with van der Waals surface area (Å²) in [6.45, 7) is 7.45. The molecule has 0 spiro atoms. The molecule has 0 fully saturated rings. The highest BCUT2D eigenvalue weighted by atomic mass is 35.5. The van der Waals surface area contributed by atoms with Gasteiger partial charge in [-0.1, -0.05) is 38.4 Å². The molecule has 178 valence electrons. The number of nitrogens with one attached hydrogen (secondary N) is 3. The van der Waals surface area contributed by atoms with E-state index in [0.717, 1.165) is 19.3 Å². The smallest absolute Gasteiger partial charge is 0.253 e. The lowest BCUT2D eigenvalue weighted by atomic mass is 10.1. The third-order valence-electron chi connectivity index (χ3n) is 4.84. The second-order valence-corrected chi connectivity index (χ2v) is 8.17. The van der Waals surface area contributed by atoms with Crippen LogP contribution in [0.2, 0.25) is 5.02 Å². The zero-order chi connectivity index (χ0) is 24.2. The molecular weight excluding hydrogens is 440 g/mol. The number of benzene rings is 2. The lowest BCUT2D eigenvalue weighted by Crippen LogP contribution is -2.32. The topological polar surface area (TPSA) is 90.5 Å². The molecule has 33 heavy (non-hydrogen) atoms. The van der Waals surface area contributed by atoms with Crippen molar-refractivity contribution in [2.45, 2.75) is 46.5 Å². The van der Waals surface area contributed by atoms with E-state index >= 15 is 0 Å². The Morgan fingerprint density at radius 2 is 1.58 bits per heavy atom. The molecule has 0 heterocycles. The second-order valence-electron chi connectivity index (χ2n) is 7.77. The number of carbonyl (C=O) groups is 3. The average molecular weight is 473 g/mol. The van der Waals surface area contributed by atoms with Gasteiger partial charge >= 0.3 is 0 Å². The summed E-state index contributed by atoms with van der Waals surface area (Å²) in [7, 11) is 0. The molecule has 0 aliphatic carbocycles. The largest absolute Gasteiger partial charge is 0.376 e. The van der Waals surface area contributed by atoms with Crippen LogP contribution in [-0.4, -0.2) is 42.3 Å². The fraction of sp³-hybridized carbons (Fsp3) is 0.400. The van der Waals surface area contributed by atoms with Crippen molar-refractivity contribution in [1.29, 1.82) is 0 Å². The van der Waals surface area contributed by atoms with Gasteiger partial charge in [0.2, 0.25) is 11.8 Å². The zero-order valence-electron chi connectivity index (χ0n) is 19.5. The van der Waals surface area contributed by atoms with E-state index in [1.165, 1.54) is 0 Å². The number of anilines is 3. The molecule has 2 aromatic carbocycles. The second kappa shape index (κ2) is 13.5. The standard InChI is InChI=1S/C25H33ClN4O3/c1-4-8-23(31)28-20-11-12-21(26)22(16-20)29-24(32)17-27-19-10-7-9-18(15-19)25(33)30(13-5-2)14-6-3/h7,9-12,15-16,27H,4-6,8,13-14,17H2,1-3H3,(H,28,31)(H,29,32). The van der Waals surface area contributed by atoms with Crippen molar-refractivity contribution in [3.63, 3.8) is 0 Å². The van der Waals surface area contributed by atoms with Crippen LogP contribution in [0.4, 0.5) is 17.1 Å². The van der Waals surface area contributed by atoms with Gasteiger partial charge in [0.05, 0.1) is 17.3 Å². The first-order chi connectivity index (χ1) is 15.9. The molecule has 2 rings (SSSR count). The van der Waals surface area contributed by atoms with E-state index in [-0.39, 0.29) is 24.3 Å². The molecule has 0 unspecified atom stereocenters. The van der Waals surface area contributed by atoms with Crippen LogP contribution < -0.4 is 16.0 Å². The Bertz CT molecular complexity index is 958. The molecule has 0 aromatic heterocycles. The fourth-order valence-electron chi connectivity index (χ4n) is 3.33. The highest BCUT2D eigenvalue weighted by Crippen LogP contribution is 2.25. The summed E-state index contributed by atoms with van der Waals surface area (Å²) in [5.74, 6) is -0.408. The van der Waals surface area contributed by atoms with Crippen molar-refractivity contribution in [2.24, 2.45) is 0 Å². The van der Waals surface area contributed by atoms with Gasteiger partial charge in [0, 0.05) is 36.4 Å². The molecule has 0 saturated carbocycles. The summed E-state index contributed by atoms with van der Waals surface area (Å²) in [6.07, 6.45) is 2.97. The lowest BCUT2D eigenvalue weighted by Gasteiger charge is -2.21. The van der Waals surface area contributed by atoms with E-state index in [1.54, 1.807) is 36.4 Å². The third kappa shape index (κ3) is 8.42. The molecule has 0 saturated heterocycles. The number of nitrogens with zero attached hydrogens (tertiary/aromatic N) is 1. The quantitative estimate of drug-likeness (QED) is 0.386. The minimum atomic E-state index is -0.302. The first-order valence-corrected chi connectivity index (χ1v) is 11.8. The number of hydrogen-bond acceptors (Lipinski definition) is 4. The van der Waals surface area contributed by atoms with Gasteiger partial charge < -0.3 is 20.9 Å². The van der Waals surface area contributed by atoms with E-state index in [4.69, 9.17) is 11.6 Å². The molecule has 0 aliphatic rings. The molecule has 0 radical (unpaired) electrons. The van der Waals surface area contributed by atoms with Gasteiger partial charge in [0.1, 0.15) is 0 Å². The summed E-state index contributed by atoms with van der Waals surface area (Å²) in [6, 6.07) is 12.1. The SMILES string of the molecule is CCCC(=O)Nc1ccc(Cl)c(NC(=O)CNc2cccc(C(=O)N(CCC)CCC)c2)c1. The maximum absolute atomic E-state index is 12.8. The number of carbonyl (C=O) groups excluding carboxylic acids is 3. The summed E-state index contributed by atoms with van der Waals surface area (Å²) in [5, 5.41) is 8.96. The highest BCUT2D eigenvalue weighted by Gasteiger charge is 2.15. The van der Waals surface area contributed by atoms with Crippen molar-refractivity contribution < 1.29 is 14.4 Å². The van der Waals surface area contributed by atoms with E-state index in [2.05, 4.69) is 16.0 Å². The molecule has 0 bridgehead atoms. The van der Waals surface area contributed by atoms with Gasteiger partial charge in [-0.2, -0.15) is 0 Å². The predicted molar refractivity (Wildman–Crippen MR) is 135 cm³/mol. The van der Waals surface area contributed by atoms with Gasteiger partial charge in [-0.25, -0.2) is 0 Å². The molecule has 0 aliphatic heterocycles. The molecule has 8 heteroatoms. The summed E-state index contributed by atoms with van der Waals surface area (Å²) >= 11 is 6.20. The Hall–Kier alpha value is -3.06. The Balaban J connectivity index is 1.99. The van der Waals surface area contributed by atoms with Gasteiger partial charge in [-0.3, -0.25) is 14.4 Å². The van der Waals surface area contributed by atoms with Crippen LogP contribution in [0.15, 0.2) is 42.5 Å². The van der Waals surface area contributed by atoms with Crippen LogP contribution in [0.25, 0.3) is 0 Å². The maximum Gasteiger partial charge on any atom is 0.253 e. The molecule has 3 amide bonds. The van der Waals surface area contributed by atoms with E-state index in [0.29, 0.717) is 47.2 Å². The minimum Gasteiger partial charge on any atom is -0.376 e. The van der Waals surface area contributed by atoms with E-state index in [9.17, 15) is 14.4 Å². The van der Waals surface area contributed by atoms with Crippen LogP contribution in [-0.2, 0) is 9.59 Å². The first kappa shape index (κ1) is 26.2. The molecule has 3 N–H and O–H groups in total. The van der Waals surface area contributed by atoms with Crippen LogP contribution in [0.3, 0.4) is 0 Å². The molecule has 7 nitrogen and oxygen atoms in total. The van der Waals surface area contributed by atoms with Crippen LogP contribution in [0.5, 0.6) is 0 Å². The first-order valence-electron chi connectivity index (χ1n) is 11.4. The number of hydrogen-bond donors (Lipinski definition) is 3. The van der Waals surface area contributed by atoms with Gasteiger partial charge in [0.25, 0.3) is 5.91 Å². The lowest BCUT2D eigenvalue weighted by molar-refractivity contribution is -0.116. The van der Waals surface area contributed by atoms with Crippen molar-refractivity contribution in [3.8, 4) is 0 Å². The summed E-state index contributed by atoms with van der Waals surface area (Å²) < 4.78 is 0. The third-order valence-corrected chi connectivity index (χ3v) is 5.17. The Kier molecular flexibility index (Phi) is 10.7. The Labute approximate surface area is 200 Å². The van der Waals surface area contributed by atoms with E-state index < -0.39 is 0 Å². The van der Waals surface area contributed by atoms with Crippen molar-refractivity contribution in [1.82, 2.24) is 4.90 Å². The Morgan fingerprint density at radius 1 is 0.848 bits per heavy atom. The van der Waals surface area contributed by atoms with E-state index in [1.807, 2.05) is 31.7 Å². The average Bonchev–Trinajstić information content (AvgIpc) is 2.79. The maximum atomic E-state index is 12.8. The fourth-order valence-corrected chi connectivity index (χ4v) is 3.49. The zero-order valence-corrected chi connectivity index (χ0v) is 20.3. The number of rotatable bonds is 12. The van der Waals surface area contributed by atoms with Gasteiger partial charge in [-0.05, 0) is 55.7 Å². The molecule has 0 atom stereocenters. The highest BCUT2D eigenvalue weighted by molar-refractivity contribution is 6.33. The van der Waals surface area contributed by atoms with Crippen LogP contribution in [0.1, 0.15) is 56.8 Å². The van der Waals surface area contributed by atoms with Gasteiger partial charge in [0.15, 0.2) is 0 Å². The van der Waals surface area contributed by atoms with Crippen LogP contribution >= 0.6 is 11.6 Å². The summed E-state index contributed by atoms with van der Waals surface area (Å²) in [4.78, 5) is 39.0. The monoisotopic (exact) mass is 472 g/mol. The number of halogens is 1. The summed E-state index contributed by atoms with van der Waals surface area (Å²) in [5.41, 5.74) is 2.24.